The van der Waals surface area contributed by atoms with Crippen LogP contribution in [-0.2, 0) is 7.05 Å². The number of fused-ring (bicyclic) bond motifs is 1. The van der Waals surface area contributed by atoms with Crippen LogP contribution in [0.4, 0.5) is 11.5 Å². The van der Waals surface area contributed by atoms with Crippen LogP contribution in [0.1, 0.15) is 42.4 Å². The molecule has 140 valence electrons. The highest BCUT2D eigenvalue weighted by atomic mass is 35.5. The molecule has 3 rings (SSSR count). The molecule has 0 saturated carbocycles. The van der Waals surface area contributed by atoms with Crippen molar-refractivity contribution in [1.82, 2.24) is 9.88 Å². The van der Waals surface area contributed by atoms with E-state index in [-0.39, 0.29) is 35.9 Å². The van der Waals surface area contributed by atoms with E-state index in [0.717, 1.165) is 5.56 Å². The Morgan fingerprint density at radius 1 is 1.38 bits per heavy atom. The molecule has 1 unspecified atom stereocenters. The summed E-state index contributed by atoms with van der Waals surface area (Å²) < 4.78 is 7.21. The van der Waals surface area contributed by atoms with Gasteiger partial charge in [-0.3, -0.25) is 4.79 Å². The third-order valence-electron chi connectivity index (χ3n) is 4.31. The van der Waals surface area contributed by atoms with Crippen molar-refractivity contribution in [3.8, 4) is 5.75 Å². The number of nitro groups is 1. The Morgan fingerprint density at radius 3 is 2.69 bits per heavy atom. The van der Waals surface area contributed by atoms with Crippen molar-refractivity contribution in [2.24, 2.45) is 7.05 Å². The molecule has 0 aliphatic carbocycles. The molecule has 9 heteroatoms. The number of carbonyl (C=O) groups excluding carboxylic acids is 1. The third kappa shape index (κ3) is 3.60. The van der Waals surface area contributed by atoms with Gasteiger partial charge in [-0.15, -0.1) is 12.4 Å². The van der Waals surface area contributed by atoms with Crippen LogP contribution in [0.5, 0.6) is 5.75 Å². The monoisotopic (exact) mass is 380 g/mol. The molecule has 1 aromatic carbocycles. The van der Waals surface area contributed by atoms with Crippen LogP contribution < -0.4 is 15.8 Å². The molecule has 0 saturated heterocycles. The highest BCUT2D eigenvalue weighted by Crippen LogP contribution is 2.40. The van der Waals surface area contributed by atoms with Crippen molar-refractivity contribution >= 4 is 29.8 Å². The molecular weight excluding hydrogens is 360 g/mol. The second kappa shape index (κ2) is 6.87. The Balaban J connectivity index is 0.00000243. The number of nitrogens with two attached hydrogens (primary N) is 1. The fourth-order valence-electron chi connectivity index (χ4n) is 3.15. The van der Waals surface area contributed by atoms with Gasteiger partial charge in [0, 0.05) is 23.7 Å². The summed E-state index contributed by atoms with van der Waals surface area (Å²) in [7, 11) is 1.49. The van der Waals surface area contributed by atoms with Gasteiger partial charge < -0.3 is 25.9 Å². The van der Waals surface area contributed by atoms with Gasteiger partial charge in [0.15, 0.2) is 5.69 Å². The molecule has 0 bridgehead atoms. The standard InChI is InChI=1S/C17H20N4O4.ClH/c1-17(2)9-12(11-8-10(18)4-6-14(11)25-17)19-16(22)13-5-7-15(20(13)3)21(23)24;/h4-8,12H,9,18H2,1-3H3,(H,19,22);1H. The highest BCUT2D eigenvalue weighted by molar-refractivity contribution is 5.93. The summed E-state index contributed by atoms with van der Waals surface area (Å²) in [6.45, 7) is 3.89. The molecule has 3 N–H and O–H groups in total. The first kappa shape index (κ1) is 19.6. The van der Waals surface area contributed by atoms with Crippen LogP contribution in [-0.4, -0.2) is 21.0 Å². The first-order chi connectivity index (χ1) is 11.7. The summed E-state index contributed by atoms with van der Waals surface area (Å²) in [5.74, 6) is 0.155. The maximum Gasteiger partial charge on any atom is 0.323 e. The minimum absolute atomic E-state index is 0. The minimum atomic E-state index is -0.523. The molecule has 0 fully saturated rings. The zero-order valence-electron chi connectivity index (χ0n) is 14.7. The number of rotatable bonds is 3. The average Bonchev–Trinajstić information content (AvgIpc) is 2.89. The number of carbonyl (C=O) groups is 1. The lowest BCUT2D eigenvalue weighted by molar-refractivity contribution is -0.391. The molecule has 0 spiro atoms. The van der Waals surface area contributed by atoms with Crippen LogP contribution >= 0.6 is 12.4 Å². The van der Waals surface area contributed by atoms with Crippen molar-refractivity contribution < 1.29 is 14.5 Å². The van der Waals surface area contributed by atoms with E-state index < -0.39 is 10.5 Å². The molecular formula is C17H21ClN4O4. The SMILES string of the molecule is Cl.Cn1c(C(=O)NC2CC(C)(C)Oc3ccc(N)cc32)ccc1[N+](=O)[O-]. The lowest BCUT2D eigenvalue weighted by Gasteiger charge is -2.37. The van der Waals surface area contributed by atoms with Gasteiger partial charge in [0.25, 0.3) is 5.91 Å². The highest BCUT2D eigenvalue weighted by Gasteiger charge is 2.35. The average molecular weight is 381 g/mol. The van der Waals surface area contributed by atoms with Gasteiger partial charge in [-0.25, -0.2) is 4.57 Å². The number of aromatic nitrogens is 1. The zero-order valence-corrected chi connectivity index (χ0v) is 15.5. The fraction of sp³-hybridized carbons (Fsp3) is 0.353. The number of nitrogens with one attached hydrogen (secondary N) is 1. The van der Waals surface area contributed by atoms with E-state index in [1.165, 1.54) is 23.7 Å². The molecule has 1 amide bonds. The van der Waals surface area contributed by atoms with Crippen LogP contribution in [0, 0.1) is 10.1 Å². The van der Waals surface area contributed by atoms with E-state index in [9.17, 15) is 14.9 Å². The first-order valence-corrected chi connectivity index (χ1v) is 7.87. The Labute approximate surface area is 156 Å². The topological polar surface area (TPSA) is 112 Å². The molecule has 1 aromatic heterocycles. The number of ether oxygens (including phenoxy) is 1. The lowest BCUT2D eigenvalue weighted by atomic mass is 9.89. The van der Waals surface area contributed by atoms with Crippen LogP contribution in [0.15, 0.2) is 30.3 Å². The van der Waals surface area contributed by atoms with E-state index in [4.69, 9.17) is 10.5 Å². The van der Waals surface area contributed by atoms with Crippen molar-refractivity contribution in [2.75, 3.05) is 5.73 Å². The molecule has 0 radical (unpaired) electrons. The number of nitrogens with zero attached hydrogens (tertiary/aromatic N) is 2. The van der Waals surface area contributed by atoms with E-state index in [0.29, 0.717) is 17.9 Å². The van der Waals surface area contributed by atoms with Gasteiger partial charge >= 0.3 is 5.82 Å². The Hall–Kier alpha value is -2.74. The predicted octanol–water partition coefficient (Wildman–Crippen LogP) is 2.97. The van der Waals surface area contributed by atoms with Crippen LogP contribution in [0.25, 0.3) is 0 Å². The largest absolute Gasteiger partial charge is 0.487 e. The maximum absolute atomic E-state index is 12.6. The summed E-state index contributed by atoms with van der Waals surface area (Å²) in [6.07, 6.45) is 0.557. The Kier molecular flexibility index (Phi) is 5.18. The van der Waals surface area contributed by atoms with Gasteiger partial charge in [0.2, 0.25) is 0 Å². The first-order valence-electron chi connectivity index (χ1n) is 7.87. The summed E-state index contributed by atoms with van der Waals surface area (Å²) >= 11 is 0. The van der Waals surface area contributed by atoms with E-state index in [2.05, 4.69) is 5.32 Å². The van der Waals surface area contributed by atoms with Gasteiger partial charge in [-0.05, 0) is 43.0 Å². The zero-order chi connectivity index (χ0) is 18.4. The number of hydrogen-bond acceptors (Lipinski definition) is 5. The predicted molar refractivity (Wildman–Crippen MR) is 99.7 cm³/mol. The molecule has 2 heterocycles. The van der Waals surface area contributed by atoms with E-state index >= 15 is 0 Å². The van der Waals surface area contributed by atoms with Crippen molar-refractivity contribution in [1.29, 1.82) is 0 Å². The second-order valence-corrected chi connectivity index (χ2v) is 6.78. The molecule has 1 aliphatic heterocycles. The summed E-state index contributed by atoms with van der Waals surface area (Å²) in [4.78, 5) is 23.1. The van der Waals surface area contributed by atoms with E-state index in [1.54, 1.807) is 18.2 Å². The maximum atomic E-state index is 12.6. The van der Waals surface area contributed by atoms with Crippen molar-refractivity contribution in [3.05, 3.63) is 51.7 Å². The number of amides is 1. The lowest BCUT2D eigenvalue weighted by Crippen LogP contribution is -2.41. The summed E-state index contributed by atoms with van der Waals surface area (Å²) in [5, 5.41) is 13.9. The van der Waals surface area contributed by atoms with Gasteiger partial charge in [-0.1, -0.05) is 0 Å². The number of halogens is 1. The Bertz CT molecular complexity index is 862. The molecule has 1 aliphatic rings. The fourth-order valence-corrected chi connectivity index (χ4v) is 3.15. The van der Waals surface area contributed by atoms with Gasteiger partial charge in [0.1, 0.15) is 11.4 Å². The quantitative estimate of drug-likeness (QED) is 0.483. The summed E-state index contributed by atoms with van der Waals surface area (Å²) in [6, 6.07) is 7.77. The number of benzene rings is 1. The summed E-state index contributed by atoms with van der Waals surface area (Å²) in [5.41, 5.74) is 7.02. The van der Waals surface area contributed by atoms with Crippen LogP contribution in [0.3, 0.4) is 0 Å². The molecule has 1 atom stereocenters. The van der Waals surface area contributed by atoms with Crippen molar-refractivity contribution in [3.63, 3.8) is 0 Å². The molecule has 26 heavy (non-hydrogen) atoms. The van der Waals surface area contributed by atoms with Gasteiger partial charge in [-0.2, -0.15) is 0 Å². The third-order valence-corrected chi connectivity index (χ3v) is 4.31. The second-order valence-electron chi connectivity index (χ2n) is 6.78. The van der Waals surface area contributed by atoms with E-state index in [1.807, 2.05) is 13.8 Å². The Morgan fingerprint density at radius 2 is 2.08 bits per heavy atom. The number of hydrogen-bond donors (Lipinski definition) is 2. The number of nitrogen functional groups attached to an aromatic ring is 1. The van der Waals surface area contributed by atoms with Gasteiger partial charge in [0.05, 0.1) is 13.1 Å². The number of anilines is 1. The molecule has 8 nitrogen and oxygen atoms in total. The minimum Gasteiger partial charge on any atom is -0.487 e. The smallest absolute Gasteiger partial charge is 0.323 e. The normalized spacial score (nSPS) is 17.4. The van der Waals surface area contributed by atoms with Crippen LogP contribution in [0.2, 0.25) is 0 Å². The van der Waals surface area contributed by atoms with Crippen molar-refractivity contribution in [2.45, 2.75) is 31.9 Å². The molecule has 2 aromatic rings.